The summed E-state index contributed by atoms with van der Waals surface area (Å²) in [5.41, 5.74) is 1.44. The van der Waals surface area contributed by atoms with Crippen LogP contribution in [0.25, 0.3) is 0 Å². The topological polar surface area (TPSA) is 29.9 Å². The maximum absolute atomic E-state index is 4.41. The number of imidazole rings is 1. The largest absolute Gasteiger partial charge is 0.338 e. The van der Waals surface area contributed by atoms with E-state index in [-0.39, 0.29) is 0 Å². The molecular formula is C18H27N3. The zero-order valence-electron chi connectivity index (χ0n) is 13.4. The number of nitrogens with one attached hydrogen (secondary N) is 1. The van der Waals surface area contributed by atoms with Crippen molar-refractivity contribution < 1.29 is 0 Å². The minimum Gasteiger partial charge on any atom is -0.338 e. The number of nitrogens with zero attached hydrogens (tertiary/aromatic N) is 2. The normalized spacial score (nSPS) is 12.8. The lowest BCUT2D eigenvalue weighted by Gasteiger charge is -2.19. The summed E-state index contributed by atoms with van der Waals surface area (Å²) < 4.78 is 2.11. The van der Waals surface area contributed by atoms with Crippen molar-refractivity contribution in [2.75, 3.05) is 6.54 Å². The van der Waals surface area contributed by atoms with E-state index in [2.05, 4.69) is 66.1 Å². The molecular weight excluding hydrogens is 258 g/mol. The average Bonchev–Trinajstić information content (AvgIpc) is 2.89. The van der Waals surface area contributed by atoms with Crippen LogP contribution < -0.4 is 5.32 Å². The van der Waals surface area contributed by atoms with Gasteiger partial charge in [0.15, 0.2) is 0 Å². The van der Waals surface area contributed by atoms with Gasteiger partial charge in [-0.15, -0.1) is 0 Å². The molecule has 0 aliphatic rings. The van der Waals surface area contributed by atoms with E-state index in [4.69, 9.17) is 0 Å². The van der Waals surface area contributed by atoms with Gasteiger partial charge in [-0.25, -0.2) is 4.98 Å². The van der Waals surface area contributed by atoms with Gasteiger partial charge in [0, 0.05) is 38.4 Å². The van der Waals surface area contributed by atoms with Crippen LogP contribution in [0.2, 0.25) is 0 Å². The Balaban J connectivity index is 1.91. The standard InChI is InChI=1S/C18H27N3/c1-15(2)20-14-17(16-8-5-4-6-9-16)10-7-11-18-19-12-13-21(18)3/h4-6,8-9,12-13,15,17,20H,7,10-11,14H2,1-3H3. The van der Waals surface area contributed by atoms with Crippen molar-refractivity contribution in [3.05, 3.63) is 54.1 Å². The Kier molecular flexibility index (Phi) is 6.00. The molecule has 1 atom stereocenters. The van der Waals surface area contributed by atoms with E-state index < -0.39 is 0 Å². The third-order valence-corrected chi connectivity index (χ3v) is 3.92. The van der Waals surface area contributed by atoms with Gasteiger partial charge >= 0.3 is 0 Å². The first kappa shape index (κ1) is 15.8. The van der Waals surface area contributed by atoms with Crippen molar-refractivity contribution in [3.8, 4) is 0 Å². The van der Waals surface area contributed by atoms with Crippen LogP contribution in [0.3, 0.4) is 0 Å². The Hall–Kier alpha value is -1.61. The van der Waals surface area contributed by atoms with Crippen LogP contribution in [0, 0.1) is 0 Å². The van der Waals surface area contributed by atoms with Crippen molar-refractivity contribution in [1.29, 1.82) is 0 Å². The fourth-order valence-corrected chi connectivity index (χ4v) is 2.63. The predicted octanol–water partition coefficient (Wildman–Crippen LogP) is 3.52. The molecule has 0 amide bonds. The molecule has 0 aliphatic heterocycles. The van der Waals surface area contributed by atoms with Crippen LogP contribution in [0.1, 0.15) is 44.0 Å². The summed E-state index contributed by atoms with van der Waals surface area (Å²) in [6.45, 7) is 5.45. The van der Waals surface area contributed by atoms with E-state index in [1.54, 1.807) is 0 Å². The molecule has 0 spiro atoms. The van der Waals surface area contributed by atoms with Gasteiger partial charge in [0.2, 0.25) is 0 Å². The molecule has 2 rings (SSSR count). The summed E-state index contributed by atoms with van der Waals surface area (Å²) in [5.74, 6) is 1.76. The van der Waals surface area contributed by atoms with E-state index >= 15 is 0 Å². The minimum absolute atomic E-state index is 0.533. The summed E-state index contributed by atoms with van der Waals surface area (Å²) in [6, 6.07) is 11.4. The molecule has 21 heavy (non-hydrogen) atoms. The maximum atomic E-state index is 4.41. The van der Waals surface area contributed by atoms with Crippen LogP contribution >= 0.6 is 0 Å². The second kappa shape index (κ2) is 7.99. The van der Waals surface area contributed by atoms with Gasteiger partial charge in [-0.05, 0) is 24.3 Å². The quantitative estimate of drug-likeness (QED) is 0.804. The van der Waals surface area contributed by atoms with Gasteiger partial charge in [-0.2, -0.15) is 0 Å². The first-order chi connectivity index (χ1) is 10.2. The molecule has 3 nitrogen and oxygen atoms in total. The van der Waals surface area contributed by atoms with Crippen molar-refractivity contribution in [3.63, 3.8) is 0 Å². The summed E-state index contributed by atoms with van der Waals surface area (Å²) in [6.07, 6.45) is 7.31. The van der Waals surface area contributed by atoms with Gasteiger partial charge in [0.05, 0.1) is 0 Å². The van der Waals surface area contributed by atoms with Crippen LogP contribution in [-0.2, 0) is 13.5 Å². The van der Waals surface area contributed by atoms with Crippen molar-refractivity contribution in [2.45, 2.75) is 45.1 Å². The van der Waals surface area contributed by atoms with Gasteiger partial charge in [0.1, 0.15) is 5.82 Å². The number of rotatable bonds is 8. The number of aromatic nitrogens is 2. The van der Waals surface area contributed by atoms with E-state index in [1.807, 2.05) is 12.4 Å². The smallest absolute Gasteiger partial charge is 0.108 e. The third kappa shape index (κ3) is 5.01. The monoisotopic (exact) mass is 285 g/mol. The second-order valence-electron chi connectivity index (χ2n) is 6.02. The molecule has 0 saturated carbocycles. The molecule has 0 bridgehead atoms. The van der Waals surface area contributed by atoms with Crippen molar-refractivity contribution in [2.24, 2.45) is 7.05 Å². The molecule has 0 saturated heterocycles. The molecule has 114 valence electrons. The van der Waals surface area contributed by atoms with Gasteiger partial charge < -0.3 is 9.88 Å². The van der Waals surface area contributed by atoms with Crippen molar-refractivity contribution in [1.82, 2.24) is 14.9 Å². The van der Waals surface area contributed by atoms with E-state index in [0.29, 0.717) is 12.0 Å². The Labute approximate surface area is 128 Å². The highest BCUT2D eigenvalue weighted by atomic mass is 15.0. The number of benzene rings is 1. The van der Waals surface area contributed by atoms with Gasteiger partial charge in [-0.1, -0.05) is 44.2 Å². The lowest BCUT2D eigenvalue weighted by atomic mass is 9.93. The minimum atomic E-state index is 0.533. The highest BCUT2D eigenvalue weighted by molar-refractivity contribution is 5.19. The third-order valence-electron chi connectivity index (χ3n) is 3.92. The average molecular weight is 285 g/mol. The molecule has 0 fully saturated rings. The van der Waals surface area contributed by atoms with Crippen molar-refractivity contribution >= 4 is 0 Å². The number of hydrogen-bond donors (Lipinski definition) is 1. The van der Waals surface area contributed by atoms with Gasteiger partial charge in [0.25, 0.3) is 0 Å². The van der Waals surface area contributed by atoms with Gasteiger partial charge in [-0.3, -0.25) is 0 Å². The van der Waals surface area contributed by atoms with Crippen LogP contribution in [-0.4, -0.2) is 22.1 Å². The second-order valence-corrected chi connectivity index (χ2v) is 6.02. The van der Waals surface area contributed by atoms with E-state index in [9.17, 15) is 0 Å². The zero-order valence-corrected chi connectivity index (χ0v) is 13.4. The van der Waals surface area contributed by atoms with Crippen LogP contribution in [0.15, 0.2) is 42.7 Å². The lowest BCUT2D eigenvalue weighted by Crippen LogP contribution is -2.28. The number of hydrogen-bond acceptors (Lipinski definition) is 2. The molecule has 3 heteroatoms. The predicted molar refractivity (Wildman–Crippen MR) is 88.5 cm³/mol. The first-order valence-corrected chi connectivity index (χ1v) is 7.91. The summed E-state index contributed by atoms with van der Waals surface area (Å²) in [4.78, 5) is 4.41. The maximum Gasteiger partial charge on any atom is 0.108 e. The SMILES string of the molecule is CC(C)NCC(CCCc1nccn1C)c1ccccc1. The van der Waals surface area contributed by atoms with E-state index in [0.717, 1.165) is 13.0 Å². The Bertz CT molecular complexity index is 516. The molecule has 1 aromatic heterocycles. The van der Waals surface area contributed by atoms with E-state index in [1.165, 1.54) is 24.2 Å². The Morgan fingerprint density at radius 2 is 1.95 bits per heavy atom. The van der Waals surface area contributed by atoms with Crippen LogP contribution in [0.4, 0.5) is 0 Å². The summed E-state index contributed by atoms with van der Waals surface area (Å²) in [5, 5.41) is 3.58. The fraction of sp³-hybridized carbons (Fsp3) is 0.500. The molecule has 0 aliphatic carbocycles. The molecule has 0 radical (unpaired) electrons. The summed E-state index contributed by atoms with van der Waals surface area (Å²) in [7, 11) is 2.07. The summed E-state index contributed by atoms with van der Waals surface area (Å²) >= 11 is 0. The highest BCUT2D eigenvalue weighted by Crippen LogP contribution is 2.21. The van der Waals surface area contributed by atoms with Crippen LogP contribution in [0.5, 0.6) is 0 Å². The molecule has 1 N–H and O–H groups in total. The Morgan fingerprint density at radius 1 is 1.19 bits per heavy atom. The lowest BCUT2D eigenvalue weighted by molar-refractivity contribution is 0.494. The fourth-order valence-electron chi connectivity index (χ4n) is 2.63. The molecule has 2 aromatic rings. The molecule has 1 unspecified atom stereocenters. The molecule has 1 heterocycles. The highest BCUT2D eigenvalue weighted by Gasteiger charge is 2.12. The zero-order chi connectivity index (χ0) is 15.1. The molecule has 1 aromatic carbocycles. The number of aryl methyl sites for hydroxylation is 2. The first-order valence-electron chi connectivity index (χ1n) is 7.91. The Morgan fingerprint density at radius 3 is 2.57 bits per heavy atom.